The largest absolute Gasteiger partial charge is 0.374 e. The highest BCUT2D eigenvalue weighted by Crippen LogP contribution is 2.27. The number of thioether (sulfide) groups is 1. The summed E-state index contributed by atoms with van der Waals surface area (Å²) in [6.45, 7) is 3.20. The average Bonchev–Trinajstić information content (AvgIpc) is 2.61. The van der Waals surface area contributed by atoms with Crippen LogP contribution in [0.15, 0.2) is 59.8 Å². The van der Waals surface area contributed by atoms with Crippen LogP contribution in [0.5, 0.6) is 0 Å². The van der Waals surface area contributed by atoms with Gasteiger partial charge in [-0.2, -0.15) is 0 Å². The summed E-state index contributed by atoms with van der Waals surface area (Å²) in [5.74, 6) is 0.580. The minimum absolute atomic E-state index is 0.00191. The maximum Gasteiger partial charge on any atom is 0.233 e. The van der Waals surface area contributed by atoms with Gasteiger partial charge in [0.2, 0.25) is 5.91 Å². The fourth-order valence-electron chi connectivity index (χ4n) is 2.69. The van der Waals surface area contributed by atoms with Crippen molar-refractivity contribution in [3.05, 3.63) is 60.4 Å². The molecule has 0 bridgehead atoms. The highest BCUT2D eigenvalue weighted by atomic mass is 32.2. The minimum atomic E-state index is -0.00191. The molecule has 23 heavy (non-hydrogen) atoms. The molecular formula is C18H20N2O2S. The van der Waals surface area contributed by atoms with Gasteiger partial charge in [-0.25, -0.2) is 0 Å². The van der Waals surface area contributed by atoms with Gasteiger partial charge in [0.1, 0.15) is 0 Å². The molecule has 0 aliphatic carbocycles. The molecule has 4 nitrogen and oxygen atoms in total. The molecule has 5 heteroatoms. The zero-order valence-electron chi connectivity index (χ0n) is 13.1. The predicted molar refractivity (Wildman–Crippen MR) is 91.3 cm³/mol. The van der Waals surface area contributed by atoms with Crippen molar-refractivity contribution in [1.29, 1.82) is 0 Å². The molecule has 0 spiro atoms. The number of pyridine rings is 1. The summed E-state index contributed by atoms with van der Waals surface area (Å²) in [6.07, 6.45) is 3.57. The van der Waals surface area contributed by atoms with E-state index in [9.17, 15) is 4.79 Å². The zero-order valence-corrected chi connectivity index (χ0v) is 13.9. The van der Waals surface area contributed by atoms with Crippen LogP contribution in [0, 0.1) is 0 Å². The summed E-state index contributed by atoms with van der Waals surface area (Å²) < 4.78 is 5.78. The lowest BCUT2D eigenvalue weighted by Gasteiger charge is -2.39. The van der Waals surface area contributed by atoms with Crippen LogP contribution < -0.4 is 0 Å². The number of benzene rings is 1. The van der Waals surface area contributed by atoms with E-state index in [2.05, 4.69) is 17.1 Å². The van der Waals surface area contributed by atoms with Crippen molar-refractivity contribution in [3.8, 4) is 0 Å². The molecule has 2 atom stereocenters. The molecule has 3 rings (SSSR count). The highest BCUT2D eigenvalue weighted by molar-refractivity contribution is 8.00. The summed E-state index contributed by atoms with van der Waals surface area (Å²) in [6, 6.07) is 14.0. The molecular weight excluding hydrogens is 308 g/mol. The number of amides is 1. The Bertz CT molecular complexity index is 636. The van der Waals surface area contributed by atoms with Crippen LogP contribution in [-0.4, -0.2) is 40.8 Å². The number of morpholine rings is 1. The smallest absolute Gasteiger partial charge is 0.233 e. The van der Waals surface area contributed by atoms with Crippen LogP contribution >= 0.6 is 11.8 Å². The van der Waals surface area contributed by atoms with Crippen molar-refractivity contribution in [3.63, 3.8) is 0 Å². The van der Waals surface area contributed by atoms with Crippen LogP contribution in [0.3, 0.4) is 0 Å². The maximum absolute atomic E-state index is 12.7. The number of hydrogen-bond acceptors (Lipinski definition) is 4. The molecule has 0 N–H and O–H groups in total. The molecule has 2 unspecified atom stereocenters. The highest BCUT2D eigenvalue weighted by Gasteiger charge is 2.31. The first kappa shape index (κ1) is 16.0. The van der Waals surface area contributed by atoms with E-state index >= 15 is 0 Å². The zero-order chi connectivity index (χ0) is 16.1. The third kappa shape index (κ3) is 4.12. The Labute approximate surface area is 140 Å². The van der Waals surface area contributed by atoms with Gasteiger partial charge < -0.3 is 9.64 Å². The van der Waals surface area contributed by atoms with Gasteiger partial charge in [-0.3, -0.25) is 9.78 Å². The van der Waals surface area contributed by atoms with Gasteiger partial charge in [0.05, 0.1) is 24.5 Å². The second-order valence-corrected chi connectivity index (χ2v) is 6.64. The predicted octanol–water partition coefficient (Wildman–Crippen LogP) is 3.16. The molecule has 120 valence electrons. The first-order valence-electron chi connectivity index (χ1n) is 7.73. The van der Waals surface area contributed by atoms with Crippen LogP contribution in [0.4, 0.5) is 0 Å². The number of hydrogen-bond donors (Lipinski definition) is 0. The topological polar surface area (TPSA) is 42.4 Å². The average molecular weight is 328 g/mol. The summed E-state index contributed by atoms with van der Waals surface area (Å²) in [4.78, 5) is 19.8. The Morgan fingerprint density at radius 3 is 2.74 bits per heavy atom. The molecule has 1 fully saturated rings. The lowest BCUT2D eigenvalue weighted by Crippen LogP contribution is -2.47. The fourth-order valence-corrected chi connectivity index (χ4v) is 3.46. The third-order valence-corrected chi connectivity index (χ3v) is 4.88. The first-order valence-corrected chi connectivity index (χ1v) is 8.71. The molecule has 1 aromatic heterocycles. The number of carbonyl (C=O) groups excluding carboxylic acids is 1. The number of aromatic nitrogens is 1. The Balaban J connectivity index is 1.70. The first-order chi connectivity index (χ1) is 11.2. The molecule has 1 amide bonds. The van der Waals surface area contributed by atoms with Crippen LogP contribution in [0.2, 0.25) is 0 Å². The van der Waals surface area contributed by atoms with Gasteiger partial charge in [-0.05, 0) is 24.6 Å². The van der Waals surface area contributed by atoms with E-state index in [-0.39, 0.29) is 18.1 Å². The minimum Gasteiger partial charge on any atom is -0.374 e. The van der Waals surface area contributed by atoms with Crippen molar-refractivity contribution in [2.45, 2.75) is 24.0 Å². The SMILES string of the molecule is CC1CN(C(=O)CSc2ccncc2)C(c2ccccc2)CO1. The van der Waals surface area contributed by atoms with Crippen molar-refractivity contribution in [2.75, 3.05) is 18.9 Å². The number of rotatable bonds is 4. The van der Waals surface area contributed by atoms with Gasteiger partial charge in [0.15, 0.2) is 0 Å². The quantitative estimate of drug-likeness (QED) is 0.809. The summed E-state index contributed by atoms with van der Waals surface area (Å²) >= 11 is 1.55. The lowest BCUT2D eigenvalue weighted by molar-refractivity contribution is -0.141. The van der Waals surface area contributed by atoms with E-state index in [0.29, 0.717) is 18.9 Å². The molecule has 1 aliphatic rings. The van der Waals surface area contributed by atoms with Crippen molar-refractivity contribution >= 4 is 17.7 Å². The summed E-state index contributed by atoms with van der Waals surface area (Å²) in [7, 11) is 0. The van der Waals surface area contributed by atoms with Gasteiger partial charge in [0, 0.05) is 23.8 Å². The van der Waals surface area contributed by atoms with Crippen molar-refractivity contribution in [1.82, 2.24) is 9.88 Å². The monoisotopic (exact) mass is 328 g/mol. The van der Waals surface area contributed by atoms with E-state index in [1.165, 1.54) is 0 Å². The third-order valence-electron chi connectivity index (χ3n) is 3.89. The Morgan fingerprint density at radius 2 is 2.00 bits per heavy atom. The fraction of sp³-hybridized carbons (Fsp3) is 0.333. The molecule has 1 aromatic carbocycles. The standard InChI is InChI=1S/C18H20N2O2S/c1-14-11-20(17(12-22-14)15-5-3-2-4-6-15)18(21)13-23-16-7-9-19-10-8-16/h2-10,14,17H,11-13H2,1H3. The van der Waals surface area contributed by atoms with Gasteiger partial charge in [-0.15, -0.1) is 11.8 Å². The Morgan fingerprint density at radius 1 is 1.26 bits per heavy atom. The van der Waals surface area contributed by atoms with Gasteiger partial charge in [0.25, 0.3) is 0 Å². The van der Waals surface area contributed by atoms with E-state index in [4.69, 9.17) is 4.74 Å². The second kappa shape index (κ2) is 7.62. The summed E-state index contributed by atoms with van der Waals surface area (Å²) in [5, 5.41) is 0. The van der Waals surface area contributed by atoms with E-state index in [1.54, 1.807) is 24.2 Å². The lowest BCUT2D eigenvalue weighted by atomic mass is 10.0. The summed E-state index contributed by atoms with van der Waals surface area (Å²) in [5.41, 5.74) is 1.13. The van der Waals surface area contributed by atoms with E-state index in [0.717, 1.165) is 10.5 Å². The molecule has 2 aromatic rings. The van der Waals surface area contributed by atoms with Gasteiger partial charge >= 0.3 is 0 Å². The maximum atomic E-state index is 12.7. The second-order valence-electron chi connectivity index (χ2n) is 5.59. The van der Waals surface area contributed by atoms with E-state index < -0.39 is 0 Å². The Hall–Kier alpha value is -1.85. The number of nitrogens with zero attached hydrogens (tertiary/aromatic N) is 2. The van der Waals surface area contributed by atoms with Crippen LogP contribution in [0.25, 0.3) is 0 Å². The van der Waals surface area contributed by atoms with Crippen LogP contribution in [-0.2, 0) is 9.53 Å². The molecule has 0 saturated carbocycles. The van der Waals surface area contributed by atoms with Crippen molar-refractivity contribution in [2.24, 2.45) is 0 Å². The van der Waals surface area contributed by atoms with E-state index in [1.807, 2.05) is 42.2 Å². The van der Waals surface area contributed by atoms with Gasteiger partial charge in [-0.1, -0.05) is 30.3 Å². The molecule has 1 saturated heterocycles. The molecule has 0 radical (unpaired) electrons. The number of carbonyl (C=O) groups is 1. The van der Waals surface area contributed by atoms with Crippen molar-refractivity contribution < 1.29 is 9.53 Å². The number of ether oxygens (including phenoxy) is 1. The normalized spacial score (nSPS) is 21.2. The molecule has 2 heterocycles. The molecule has 1 aliphatic heterocycles. The Kier molecular flexibility index (Phi) is 5.31. The van der Waals surface area contributed by atoms with Crippen LogP contribution in [0.1, 0.15) is 18.5 Å².